The van der Waals surface area contributed by atoms with Crippen LogP contribution in [0.25, 0.3) is 10.8 Å². The van der Waals surface area contributed by atoms with Crippen LogP contribution in [0.15, 0.2) is 53.5 Å². The lowest BCUT2D eigenvalue weighted by atomic mass is 10.0. The summed E-state index contributed by atoms with van der Waals surface area (Å²) in [6, 6.07) is 14.1. The molecular weight excluding hydrogens is 360 g/mol. The molecule has 0 fully saturated rings. The minimum absolute atomic E-state index is 0.0409. The zero-order valence-corrected chi connectivity index (χ0v) is 15.6. The van der Waals surface area contributed by atoms with Gasteiger partial charge < -0.3 is 14.6 Å². The number of fused-ring (bicyclic) bond motifs is 1. The number of phenols is 1. The molecule has 7 nitrogen and oxygen atoms in total. The van der Waals surface area contributed by atoms with Gasteiger partial charge in [0.2, 0.25) is 0 Å². The van der Waals surface area contributed by atoms with E-state index in [0.717, 1.165) is 10.8 Å². The Balaban J connectivity index is 1.84. The molecule has 0 amide bonds. The lowest BCUT2D eigenvalue weighted by Crippen LogP contribution is -2.01. The maximum atomic E-state index is 11.4. The zero-order chi connectivity index (χ0) is 20.1. The third-order valence-electron chi connectivity index (χ3n) is 4.46. The number of nitro benzene ring substituents is 1. The summed E-state index contributed by atoms with van der Waals surface area (Å²) in [5.74, 6) is 0.875. The molecule has 0 aliphatic rings. The molecule has 0 atom stereocenters. The van der Waals surface area contributed by atoms with E-state index < -0.39 is 4.92 Å². The lowest BCUT2D eigenvalue weighted by molar-refractivity contribution is -0.385. The number of methoxy groups -OCH3 is 2. The molecule has 0 saturated carbocycles. The molecule has 3 aromatic rings. The van der Waals surface area contributed by atoms with E-state index in [9.17, 15) is 15.2 Å². The van der Waals surface area contributed by atoms with E-state index in [1.54, 1.807) is 18.3 Å². The van der Waals surface area contributed by atoms with Gasteiger partial charge >= 0.3 is 0 Å². The first-order valence-corrected chi connectivity index (χ1v) is 8.65. The second-order valence-electron chi connectivity index (χ2n) is 6.10. The van der Waals surface area contributed by atoms with Crippen LogP contribution in [0.5, 0.6) is 17.2 Å². The highest BCUT2D eigenvalue weighted by Crippen LogP contribution is 2.34. The van der Waals surface area contributed by atoms with E-state index in [-0.39, 0.29) is 11.4 Å². The highest BCUT2D eigenvalue weighted by Gasteiger charge is 2.19. The monoisotopic (exact) mass is 380 g/mol. The summed E-state index contributed by atoms with van der Waals surface area (Å²) in [7, 11) is 2.91. The SMILES string of the molecule is COc1cc(CCN=Cc2c(O)ccc3ccccc23)c([N+](=O)[O-])cc1OC. The van der Waals surface area contributed by atoms with Crippen molar-refractivity contribution in [3.8, 4) is 17.2 Å². The number of nitro groups is 1. The van der Waals surface area contributed by atoms with Gasteiger partial charge in [-0.3, -0.25) is 15.1 Å². The van der Waals surface area contributed by atoms with Crippen molar-refractivity contribution < 1.29 is 19.5 Å². The van der Waals surface area contributed by atoms with Crippen molar-refractivity contribution in [2.45, 2.75) is 6.42 Å². The molecule has 0 bridgehead atoms. The Morgan fingerprint density at radius 3 is 2.54 bits per heavy atom. The summed E-state index contributed by atoms with van der Waals surface area (Å²) < 4.78 is 10.4. The van der Waals surface area contributed by atoms with Gasteiger partial charge in [-0.15, -0.1) is 0 Å². The molecule has 0 unspecified atom stereocenters. The predicted octanol–water partition coefficient (Wildman–Crippen LogP) is 4.13. The first kappa shape index (κ1) is 19.2. The Hall–Kier alpha value is -3.61. The summed E-state index contributed by atoms with van der Waals surface area (Å²) in [5, 5.41) is 23.4. The predicted molar refractivity (Wildman–Crippen MR) is 108 cm³/mol. The smallest absolute Gasteiger partial charge is 0.276 e. The normalized spacial score (nSPS) is 11.1. The molecule has 7 heteroatoms. The van der Waals surface area contributed by atoms with E-state index in [1.807, 2.05) is 30.3 Å². The fourth-order valence-corrected chi connectivity index (χ4v) is 3.04. The number of aromatic hydroxyl groups is 1. The van der Waals surface area contributed by atoms with Crippen LogP contribution in [0.3, 0.4) is 0 Å². The van der Waals surface area contributed by atoms with Gasteiger partial charge in [0, 0.05) is 23.9 Å². The highest BCUT2D eigenvalue weighted by atomic mass is 16.6. The fraction of sp³-hybridized carbons (Fsp3) is 0.190. The van der Waals surface area contributed by atoms with Crippen LogP contribution < -0.4 is 9.47 Å². The summed E-state index contributed by atoms with van der Waals surface area (Å²) in [4.78, 5) is 15.3. The minimum atomic E-state index is -0.447. The van der Waals surface area contributed by atoms with Crippen molar-refractivity contribution in [1.29, 1.82) is 0 Å². The molecule has 1 N–H and O–H groups in total. The summed E-state index contributed by atoms with van der Waals surface area (Å²) in [6.07, 6.45) is 1.95. The van der Waals surface area contributed by atoms with Crippen molar-refractivity contribution in [1.82, 2.24) is 0 Å². The average Bonchev–Trinajstić information content (AvgIpc) is 2.71. The molecular formula is C21H20N2O5. The molecule has 3 rings (SSSR count). The van der Waals surface area contributed by atoms with Crippen LogP contribution in [0.4, 0.5) is 5.69 Å². The number of benzene rings is 3. The van der Waals surface area contributed by atoms with Crippen molar-refractivity contribution in [3.05, 3.63) is 69.8 Å². The average molecular weight is 380 g/mol. The molecule has 0 aromatic heterocycles. The number of aliphatic imine (C=N–C) groups is 1. The molecule has 3 aromatic carbocycles. The molecule has 144 valence electrons. The molecule has 0 spiro atoms. The number of nitrogens with zero attached hydrogens (tertiary/aromatic N) is 2. The Morgan fingerprint density at radius 2 is 1.82 bits per heavy atom. The third kappa shape index (κ3) is 3.88. The second kappa shape index (κ2) is 8.39. The standard InChI is InChI=1S/C21H20N2O5/c1-27-20-11-15(18(23(25)26)12-21(20)28-2)9-10-22-13-17-16-6-4-3-5-14(16)7-8-19(17)24/h3-8,11-13,24H,9-10H2,1-2H3. The molecule has 0 aliphatic heterocycles. The van der Waals surface area contributed by atoms with Gasteiger partial charge in [-0.25, -0.2) is 0 Å². The van der Waals surface area contributed by atoms with Crippen molar-refractivity contribution in [2.24, 2.45) is 4.99 Å². The van der Waals surface area contributed by atoms with Crippen LogP contribution in [-0.2, 0) is 6.42 Å². The fourth-order valence-electron chi connectivity index (χ4n) is 3.04. The topological polar surface area (TPSA) is 94.2 Å². The van der Waals surface area contributed by atoms with E-state index in [2.05, 4.69) is 4.99 Å². The minimum Gasteiger partial charge on any atom is -0.507 e. The second-order valence-corrected chi connectivity index (χ2v) is 6.10. The van der Waals surface area contributed by atoms with Crippen LogP contribution in [-0.4, -0.2) is 37.0 Å². The quantitative estimate of drug-likeness (QED) is 0.378. The Labute approximate surface area is 162 Å². The first-order valence-electron chi connectivity index (χ1n) is 8.65. The number of ether oxygens (including phenoxy) is 2. The lowest BCUT2D eigenvalue weighted by Gasteiger charge is -2.10. The summed E-state index contributed by atoms with van der Waals surface area (Å²) in [6.45, 7) is 0.318. The van der Waals surface area contributed by atoms with Crippen molar-refractivity contribution in [2.75, 3.05) is 20.8 Å². The van der Waals surface area contributed by atoms with E-state index in [0.29, 0.717) is 35.6 Å². The van der Waals surface area contributed by atoms with Gasteiger partial charge in [0.25, 0.3) is 5.69 Å². The van der Waals surface area contributed by atoms with Gasteiger partial charge in [-0.1, -0.05) is 30.3 Å². The Bertz CT molecular complexity index is 1050. The Morgan fingerprint density at radius 1 is 1.11 bits per heavy atom. The van der Waals surface area contributed by atoms with Gasteiger partial charge in [-0.05, 0) is 29.3 Å². The maximum Gasteiger partial charge on any atom is 0.276 e. The van der Waals surface area contributed by atoms with Gasteiger partial charge in [0.15, 0.2) is 11.5 Å². The molecule has 28 heavy (non-hydrogen) atoms. The number of rotatable bonds is 7. The van der Waals surface area contributed by atoms with Crippen LogP contribution >= 0.6 is 0 Å². The van der Waals surface area contributed by atoms with Crippen LogP contribution in [0, 0.1) is 10.1 Å². The molecule has 0 heterocycles. The zero-order valence-electron chi connectivity index (χ0n) is 15.6. The van der Waals surface area contributed by atoms with E-state index >= 15 is 0 Å². The summed E-state index contributed by atoms with van der Waals surface area (Å²) >= 11 is 0. The third-order valence-corrected chi connectivity index (χ3v) is 4.46. The number of phenolic OH excluding ortho intramolecular Hbond substituents is 1. The van der Waals surface area contributed by atoms with Gasteiger partial charge in [-0.2, -0.15) is 0 Å². The number of hydrogen-bond donors (Lipinski definition) is 1. The van der Waals surface area contributed by atoms with E-state index in [1.165, 1.54) is 20.3 Å². The van der Waals surface area contributed by atoms with E-state index in [4.69, 9.17) is 9.47 Å². The van der Waals surface area contributed by atoms with Crippen LogP contribution in [0.1, 0.15) is 11.1 Å². The molecule has 0 radical (unpaired) electrons. The molecule has 0 aliphatic carbocycles. The summed E-state index contributed by atoms with van der Waals surface area (Å²) in [5.41, 5.74) is 1.09. The maximum absolute atomic E-state index is 11.4. The molecule has 0 saturated heterocycles. The Kier molecular flexibility index (Phi) is 5.74. The van der Waals surface area contributed by atoms with Crippen LogP contribution in [0.2, 0.25) is 0 Å². The largest absolute Gasteiger partial charge is 0.507 e. The van der Waals surface area contributed by atoms with Crippen molar-refractivity contribution >= 4 is 22.7 Å². The first-order chi connectivity index (χ1) is 13.5. The van der Waals surface area contributed by atoms with Gasteiger partial charge in [0.1, 0.15) is 5.75 Å². The van der Waals surface area contributed by atoms with Gasteiger partial charge in [0.05, 0.1) is 25.2 Å². The number of hydrogen-bond acceptors (Lipinski definition) is 6. The van der Waals surface area contributed by atoms with Crippen molar-refractivity contribution in [3.63, 3.8) is 0 Å². The highest BCUT2D eigenvalue weighted by molar-refractivity contribution is 6.02.